The van der Waals surface area contributed by atoms with Gasteiger partial charge in [0.05, 0.1) is 6.61 Å². The highest BCUT2D eigenvalue weighted by Crippen LogP contribution is 2.20. The zero-order chi connectivity index (χ0) is 14.4. The smallest absolute Gasteiger partial charge is 0.239 e. The van der Waals surface area contributed by atoms with Crippen LogP contribution in [0, 0.1) is 0 Å². The summed E-state index contributed by atoms with van der Waals surface area (Å²) in [6, 6.07) is 7.66. The zero-order valence-electron chi connectivity index (χ0n) is 11.6. The number of carbonyl (C=O) groups excluding carboxylic acids is 1. The average Bonchev–Trinajstić information content (AvgIpc) is 2.87. The normalized spacial score (nSPS) is 10.9. The summed E-state index contributed by atoms with van der Waals surface area (Å²) in [6.07, 6.45) is 2.68. The maximum atomic E-state index is 11.8. The van der Waals surface area contributed by atoms with E-state index in [9.17, 15) is 9.90 Å². The van der Waals surface area contributed by atoms with Crippen molar-refractivity contribution < 1.29 is 14.6 Å². The Bertz CT molecular complexity index is 578. The quantitative estimate of drug-likeness (QED) is 0.749. The number of hydrogen-bond acceptors (Lipinski definition) is 3. The molecule has 0 unspecified atom stereocenters. The number of benzene rings is 1. The van der Waals surface area contributed by atoms with Crippen LogP contribution in [-0.4, -0.2) is 35.8 Å². The fourth-order valence-electron chi connectivity index (χ4n) is 2.22. The minimum atomic E-state index is -0.0204. The third kappa shape index (κ3) is 3.37. The van der Waals surface area contributed by atoms with Crippen molar-refractivity contribution in [2.75, 3.05) is 20.3 Å². The molecular weight excluding hydrogens is 256 g/mol. The van der Waals surface area contributed by atoms with Crippen molar-refractivity contribution in [2.24, 2.45) is 0 Å². The first kappa shape index (κ1) is 14.6. The number of amides is 1. The topological polar surface area (TPSA) is 63.5 Å². The van der Waals surface area contributed by atoms with Gasteiger partial charge in [0.2, 0.25) is 5.91 Å². The van der Waals surface area contributed by atoms with Gasteiger partial charge in [-0.2, -0.15) is 0 Å². The van der Waals surface area contributed by atoms with E-state index in [1.807, 2.05) is 35.0 Å². The van der Waals surface area contributed by atoms with Crippen LogP contribution < -0.4 is 5.32 Å². The van der Waals surface area contributed by atoms with Gasteiger partial charge in [0.15, 0.2) is 0 Å². The molecule has 0 bridgehead atoms. The highest BCUT2D eigenvalue weighted by molar-refractivity contribution is 5.85. The van der Waals surface area contributed by atoms with Gasteiger partial charge in [0, 0.05) is 37.4 Å². The van der Waals surface area contributed by atoms with Crippen LogP contribution in [0.4, 0.5) is 0 Å². The van der Waals surface area contributed by atoms with Crippen LogP contribution in [0.2, 0.25) is 0 Å². The van der Waals surface area contributed by atoms with Crippen LogP contribution in [0.25, 0.3) is 10.9 Å². The van der Waals surface area contributed by atoms with Gasteiger partial charge >= 0.3 is 0 Å². The van der Waals surface area contributed by atoms with Crippen molar-refractivity contribution >= 4 is 16.8 Å². The van der Waals surface area contributed by atoms with Gasteiger partial charge in [-0.3, -0.25) is 4.79 Å². The van der Waals surface area contributed by atoms with E-state index >= 15 is 0 Å². The predicted molar refractivity (Wildman–Crippen MR) is 77.4 cm³/mol. The van der Waals surface area contributed by atoms with E-state index in [0.29, 0.717) is 13.2 Å². The number of nitrogens with zero attached hydrogens (tertiary/aromatic N) is 1. The minimum absolute atomic E-state index is 0.00453. The molecule has 2 aromatic rings. The molecule has 1 aromatic carbocycles. The summed E-state index contributed by atoms with van der Waals surface area (Å²) in [5.74, 6) is -0.0204. The standard InChI is InChI=1S/C15H20N2O3/c1-20-9-3-7-16-15(19)10-17-8-6-13-12(11-18)4-2-5-14(13)17/h2,4-6,8,18H,3,7,9-11H2,1H3,(H,16,19). The Morgan fingerprint density at radius 1 is 1.40 bits per heavy atom. The van der Waals surface area contributed by atoms with Crippen LogP contribution in [-0.2, 0) is 22.7 Å². The summed E-state index contributed by atoms with van der Waals surface area (Å²) in [5, 5.41) is 13.1. The summed E-state index contributed by atoms with van der Waals surface area (Å²) in [4.78, 5) is 11.8. The lowest BCUT2D eigenvalue weighted by molar-refractivity contribution is -0.121. The molecule has 0 spiro atoms. The second-order valence-corrected chi connectivity index (χ2v) is 4.65. The van der Waals surface area contributed by atoms with Crippen molar-refractivity contribution in [3.63, 3.8) is 0 Å². The van der Waals surface area contributed by atoms with E-state index in [4.69, 9.17) is 4.74 Å². The molecule has 0 radical (unpaired) electrons. The number of aliphatic hydroxyl groups is 1. The maximum Gasteiger partial charge on any atom is 0.239 e. The largest absolute Gasteiger partial charge is 0.392 e. The Balaban J connectivity index is 2.01. The first-order valence-electron chi connectivity index (χ1n) is 6.69. The monoisotopic (exact) mass is 276 g/mol. The summed E-state index contributed by atoms with van der Waals surface area (Å²) in [5.41, 5.74) is 1.84. The lowest BCUT2D eigenvalue weighted by Crippen LogP contribution is -2.28. The molecule has 20 heavy (non-hydrogen) atoms. The molecule has 0 aliphatic heterocycles. The molecule has 5 nitrogen and oxygen atoms in total. The zero-order valence-corrected chi connectivity index (χ0v) is 11.6. The number of ether oxygens (including phenoxy) is 1. The molecule has 1 aromatic heterocycles. The Labute approximate surface area is 118 Å². The molecule has 108 valence electrons. The summed E-state index contributed by atoms with van der Waals surface area (Å²) < 4.78 is 6.82. The molecule has 2 N–H and O–H groups in total. The third-order valence-corrected chi connectivity index (χ3v) is 3.24. The van der Waals surface area contributed by atoms with E-state index in [1.54, 1.807) is 7.11 Å². The van der Waals surface area contributed by atoms with Gasteiger partial charge < -0.3 is 19.7 Å². The van der Waals surface area contributed by atoms with Crippen molar-refractivity contribution in [1.29, 1.82) is 0 Å². The van der Waals surface area contributed by atoms with Gasteiger partial charge in [0.25, 0.3) is 0 Å². The lowest BCUT2D eigenvalue weighted by Gasteiger charge is -2.08. The summed E-state index contributed by atoms with van der Waals surface area (Å²) in [6.45, 7) is 1.55. The molecule has 0 aliphatic rings. The van der Waals surface area contributed by atoms with E-state index in [1.165, 1.54) is 0 Å². The number of fused-ring (bicyclic) bond motifs is 1. The minimum Gasteiger partial charge on any atom is -0.392 e. The fourth-order valence-corrected chi connectivity index (χ4v) is 2.22. The number of aromatic nitrogens is 1. The average molecular weight is 276 g/mol. The van der Waals surface area contributed by atoms with E-state index in [0.717, 1.165) is 22.9 Å². The van der Waals surface area contributed by atoms with Crippen LogP contribution in [0.3, 0.4) is 0 Å². The van der Waals surface area contributed by atoms with Gasteiger partial charge in [-0.05, 0) is 24.1 Å². The van der Waals surface area contributed by atoms with Crippen LogP contribution in [0.1, 0.15) is 12.0 Å². The second-order valence-electron chi connectivity index (χ2n) is 4.65. The first-order chi connectivity index (χ1) is 9.76. The van der Waals surface area contributed by atoms with Crippen LogP contribution in [0.15, 0.2) is 30.5 Å². The molecule has 0 aliphatic carbocycles. The van der Waals surface area contributed by atoms with Crippen molar-refractivity contribution in [3.8, 4) is 0 Å². The van der Waals surface area contributed by atoms with Gasteiger partial charge in [-0.1, -0.05) is 12.1 Å². The second kappa shape index (κ2) is 7.07. The molecule has 0 fully saturated rings. The Kier molecular flexibility index (Phi) is 5.15. The van der Waals surface area contributed by atoms with E-state index in [-0.39, 0.29) is 19.1 Å². The molecule has 1 amide bonds. The summed E-state index contributed by atoms with van der Waals surface area (Å²) >= 11 is 0. The number of methoxy groups -OCH3 is 1. The van der Waals surface area contributed by atoms with Crippen molar-refractivity contribution in [3.05, 3.63) is 36.0 Å². The van der Waals surface area contributed by atoms with Crippen LogP contribution >= 0.6 is 0 Å². The van der Waals surface area contributed by atoms with Gasteiger partial charge in [-0.25, -0.2) is 0 Å². The SMILES string of the molecule is COCCCNC(=O)Cn1ccc2c(CO)cccc21. The highest BCUT2D eigenvalue weighted by atomic mass is 16.5. The third-order valence-electron chi connectivity index (χ3n) is 3.24. The Morgan fingerprint density at radius 2 is 2.25 bits per heavy atom. The Morgan fingerprint density at radius 3 is 3.00 bits per heavy atom. The van der Waals surface area contributed by atoms with Crippen molar-refractivity contribution in [1.82, 2.24) is 9.88 Å². The highest BCUT2D eigenvalue weighted by Gasteiger charge is 2.07. The molecule has 2 rings (SSSR count). The molecule has 0 saturated heterocycles. The number of hydrogen-bond donors (Lipinski definition) is 2. The predicted octanol–water partition coefficient (Wildman–Crippen LogP) is 1.29. The maximum absolute atomic E-state index is 11.8. The lowest BCUT2D eigenvalue weighted by atomic mass is 10.1. The fraction of sp³-hybridized carbons (Fsp3) is 0.400. The number of nitrogens with one attached hydrogen (secondary N) is 1. The van der Waals surface area contributed by atoms with Gasteiger partial charge in [0.1, 0.15) is 6.54 Å². The number of rotatable bonds is 7. The molecule has 0 atom stereocenters. The molecule has 5 heteroatoms. The number of carbonyl (C=O) groups is 1. The molecule has 1 heterocycles. The Hall–Kier alpha value is -1.85. The molecule has 0 saturated carbocycles. The van der Waals surface area contributed by atoms with E-state index < -0.39 is 0 Å². The summed E-state index contributed by atoms with van der Waals surface area (Å²) in [7, 11) is 1.65. The molecular formula is C15H20N2O3. The first-order valence-corrected chi connectivity index (χ1v) is 6.69. The van der Waals surface area contributed by atoms with Crippen molar-refractivity contribution in [2.45, 2.75) is 19.6 Å². The number of aliphatic hydroxyl groups excluding tert-OH is 1. The van der Waals surface area contributed by atoms with Gasteiger partial charge in [-0.15, -0.1) is 0 Å². The van der Waals surface area contributed by atoms with E-state index in [2.05, 4.69) is 5.32 Å². The van der Waals surface area contributed by atoms with Crippen LogP contribution in [0.5, 0.6) is 0 Å².